The van der Waals surface area contributed by atoms with Crippen molar-refractivity contribution in [2.75, 3.05) is 0 Å². The summed E-state index contributed by atoms with van der Waals surface area (Å²) in [6.45, 7) is 10.0. The van der Waals surface area contributed by atoms with E-state index < -0.39 is 4.32 Å². The summed E-state index contributed by atoms with van der Waals surface area (Å²) < 4.78 is -0.463. The van der Waals surface area contributed by atoms with E-state index in [9.17, 15) is 4.79 Å². The molecule has 0 aromatic carbocycles. The van der Waals surface area contributed by atoms with Crippen molar-refractivity contribution in [2.24, 2.45) is 5.92 Å². The molecule has 1 N–H and O–H groups in total. The van der Waals surface area contributed by atoms with Gasteiger partial charge in [0.2, 0.25) is 5.91 Å². The lowest BCUT2D eigenvalue weighted by atomic mass is 10.0. The standard InChI is InChI=1S/C10H20BrNO/c1-6-8(7(2)3)12-9(13)10(4,5)11/h7-8H,6H2,1-5H3,(H,12,13). The van der Waals surface area contributed by atoms with Crippen LogP contribution in [0.5, 0.6) is 0 Å². The third-order valence-corrected chi connectivity index (χ3v) is 2.46. The summed E-state index contributed by atoms with van der Waals surface area (Å²) in [5, 5.41) is 3.02. The van der Waals surface area contributed by atoms with Gasteiger partial charge in [0.15, 0.2) is 0 Å². The molecule has 0 bridgehead atoms. The second-order valence-corrected chi connectivity index (χ2v) is 6.19. The van der Waals surface area contributed by atoms with Gasteiger partial charge in [0, 0.05) is 6.04 Å². The van der Waals surface area contributed by atoms with Crippen LogP contribution in [0.1, 0.15) is 41.0 Å². The average Bonchev–Trinajstić information content (AvgIpc) is 1.96. The normalized spacial score (nSPS) is 14.4. The molecule has 0 radical (unpaired) electrons. The number of carbonyl (C=O) groups excluding carboxylic acids is 1. The molecule has 0 aromatic heterocycles. The highest BCUT2D eigenvalue weighted by Gasteiger charge is 2.26. The zero-order chi connectivity index (χ0) is 10.6. The lowest BCUT2D eigenvalue weighted by Crippen LogP contribution is -2.45. The fraction of sp³-hybridized carbons (Fsp3) is 0.900. The third kappa shape index (κ3) is 4.65. The molecule has 0 aliphatic carbocycles. The second kappa shape index (κ2) is 4.99. The molecule has 0 aliphatic rings. The van der Waals surface area contributed by atoms with Crippen LogP contribution in [-0.2, 0) is 4.79 Å². The predicted molar refractivity (Wildman–Crippen MR) is 60.1 cm³/mol. The van der Waals surface area contributed by atoms with Crippen LogP contribution in [0.2, 0.25) is 0 Å². The third-order valence-electron chi connectivity index (χ3n) is 2.10. The monoisotopic (exact) mass is 249 g/mol. The van der Waals surface area contributed by atoms with Gasteiger partial charge in [0.1, 0.15) is 0 Å². The molecule has 0 spiro atoms. The molecule has 3 heteroatoms. The van der Waals surface area contributed by atoms with Gasteiger partial charge < -0.3 is 5.32 Å². The van der Waals surface area contributed by atoms with Crippen LogP contribution in [0.15, 0.2) is 0 Å². The van der Waals surface area contributed by atoms with Gasteiger partial charge in [-0.2, -0.15) is 0 Å². The summed E-state index contributed by atoms with van der Waals surface area (Å²) in [5.74, 6) is 0.553. The van der Waals surface area contributed by atoms with Gasteiger partial charge in [-0.1, -0.05) is 36.7 Å². The van der Waals surface area contributed by atoms with E-state index in [4.69, 9.17) is 0 Å². The summed E-state index contributed by atoms with van der Waals surface area (Å²) in [7, 11) is 0. The molecule has 2 nitrogen and oxygen atoms in total. The van der Waals surface area contributed by atoms with Crippen LogP contribution in [0.3, 0.4) is 0 Å². The number of halogens is 1. The molecule has 1 atom stereocenters. The Morgan fingerprint density at radius 1 is 1.46 bits per heavy atom. The highest BCUT2D eigenvalue weighted by molar-refractivity contribution is 9.10. The number of amides is 1. The average molecular weight is 250 g/mol. The Morgan fingerprint density at radius 2 is 1.92 bits per heavy atom. The molecule has 0 rings (SSSR count). The van der Waals surface area contributed by atoms with Crippen molar-refractivity contribution in [3.05, 3.63) is 0 Å². The van der Waals surface area contributed by atoms with E-state index >= 15 is 0 Å². The Bertz CT molecular complexity index is 172. The molecule has 78 valence electrons. The van der Waals surface area contributed by atoms with E-state index in [1.165, 1.54) is 0 Å². The van der Waals surface area contributed by atoms with Gasteiger partial charge in [-0.15, -0.1) is 0 Å². The van der Waals surface area contributed by atoms with Gasteiger partial charge in [-0.25, -0.2) is 0 Å². The van der Waals surface area contributed by atoms with E-state index in [-0.39, 0.29) is 11.9 Å². The number of alkyl halides is 1. The molecule has 0 saturated heterocycles. The summed E-state index contributed by atoms with van der Waals surface area (Å²) in [4.78, 5) is 11.6. The summed E-state index contributed by atoms with van der Waals surface area (Å²) in [6, 6.07) is 0.282. The van der Waals surface area contributed by atoms with E-state index in [1.807, 2.05) is 13.8 Å². The first kappa shape index (κ1) is 12.9. The van der Waals surface area contributed by atoms with Crippen molar-refractivity contribution in [1.29, 1.82) is 0 Å². The summed E-state index contributed by atoms with van der Waals surface area (Å²) in [5.41, 5.74) is 0. The molecular weight excluding hydrogens is 230 g/mol. The Hall–Kier alpha value is -0.0500. The molecule has 0 aromatic rings. The van der Waals surface area contributed by atoms with Gasteiger partial charge in [0.05, 0.1) is 4.32 Å². The minimum Gasteiger partial charge on any atom is -0.352 e. The zero-order valence-electron chi connectivity index (χ0n) is 9.15. The van der Waals surface area contributed by atoms with Crippen LogP contribution in [-0.4, -0.2) is 16.3 Å². The number of hydrogen-bond acceptors (Lipinski definition) is 1. The first-order chi connectivity index (χ1) is 5.79. The van der Waals surface area contributed by atoms with Crippen molar-refractivity contribution in [1.82, 2.24) is 5.32 Å². The van der Waals surface area contributed by atoms with Crippen molar-refractivity contribution in [3.8, 4) is 0 Å². The smallest absolute Gasteiger partial charge is 0.236 e. The van der Waals surface area contributed by atoms with Crippen molar-refractivity contribution in [2.45, 2.75) is 51.4 Å². The molecule has 13 heavy (non-hydrogen) atoms. The van der Waals surface area contributed by atoms with Gasteiger partial charge in [0.25, 0.3) is 0 Å². The van der Waals surface area contributed by atoms with Crippen LogP contribution in [0.4, 0.5) is 0 Å². The topological polar surface area (TPSA) is 29.1 Å². The highest BCUT2D eigenvalue weighted by Crippen LogP contribution is 2.17. The Morgan fingerprint density at radius 3 is 2.15 bits per heavy atom. The Labute approximate surface area is 89.6 Å². The van der Waals surface area contributed by atoms with E-state index in [1.54, 1.807) is 0 Å². The SMILES string of the molecule is CCC(NC(=O)C(C)(C)Br)C(C)C. The van der Waals surface area contributed by atoms with E-state index in [2.05, 4.69) is 42.0 Å². The molecule has 0 heterocycles. The van der Waals surface area contributed by atoms with Gasteiger partial charge >= 0.3 is 0 Å². The number of carbonyl (C=O) groups is 1. The van der Waals surface area contributed by atoms with Crippen LogP contribution in [0, 0.1) is 5.92 Å². The van der Waals surface area contributed by atoms with Crippen molar-refractivity contribution in [3.63, 3.8) is 0 Å². The molecular formula is C10H20BrNO. The fourth-order valence-corrected chi connectivity index (χ4v) is 1.19. The Balaban J connectivity index is 4.18. The molecule has 0 aliphatic heterocycles. The number of rotatable bonds is 4. The molecule has 0 fully saturated rings. The first-order valence-electron chi connectivity index (χ1n) is 4.79. The maximum absolute atomic E-state index is 11.6. The fourth-order valence-electron chi connectivity index (χ4n) is 1.08. The zero-order valence-corrected chi connectivity index (χ0v) is 10.7. The first-order valence-corrected chi connectivity index (χ1v) is 5.58. The molecule has 1 unspecified atom stereocenters. The van der Waals surface area contributed by atoms with Crippen LogP contribution in [0.25, 0.3) is 0 Å². The van der Waals surface area contributed by atoms with Gasteiger partial charge in [-0.3, -0.25) is 4.79 Å². The second-order valence-electron chi connectivity index (χ2n) is 4.20. The van der Waals surface area contributed by atoms with Crippen molar-refractivity contribution >= 4 is 21.8 Å². The van der Waals surface area contributed by atoms with Gasteiger partial charge in [-0.05, 0) is 26.2 Å². The number of hydrogen-bond donors (Lipinski definition) is 1. The highest BCUT2D eigenvalue weighted by atomic mass is 79.9. The van der Waals surface area contributed by atoms with Crippen LogP contribution >= 0.6 is 15.9 Å². The quantitative estimate of drug-likeness (QED) is 0.763. The number of nitrogens with one attached hydrogen (secondary N) is 1. The minimum atomic E-state index is -0.463. The van der Waals surface area contributed by atoms with E-state index in [0.29, 0.717) is 5.92 Å². The van der Waals surface area contributed by atoms with E-state index in [0.717, 1.165) is 6.42 Å². The Kier molecular flexibility index (Phi) is 4.97. The summed E-state index contributed by atoms with van der Waals surface area (Å²) >= 11 is 3.34. The van der Waals surface area contributed by atoms with Crippen LogP contribution < -0.4 is 5.32 Å². The lowest BCUT2D eigenvalue weighted by Gasteiger charge is -2.24. The summed E-state index contributed by atoms with van der Waals surface area (Å²) in [6.07, 6.45) is 0.979. The predicted octanol–water partition coefficient (Wildman–Crippen LogP) is 2.71. The maximum Gasteiger partial charge on any atom is 0.236 e. The lowest BCUT2D eigenvalue weighted by molar-refractivity contribution is -0.123. The molecule has 1 amide bonds. The maximum atomic E-state index is 11.6. The largest absolute Gasteiger partial charge is 0.352 e. The molecule has 0 saturated carbocycles. The van der Waals surface area contributed by atoms with Crippen molar-refractivity contribution < 1.29 is 4.79 Å². The minimum absolute atomic E-state index is 0.0630.